The molecule has 2 rings (SSSR count). The summed E-state index contributed by atoms with van der Waals surface area (Å²) in [6.45, 7) is 5.69. The number of rotatable bonds is 4. The van der Waals surface area contributed by atoms with Crippen LogP contribution < -0.4 is 15.8 Å². The highest BCUT2D eigenvalue weighted by atomic mass is 79.9. The van der Waals surface area contributed by atoms with Crippen LogP contribution in [0.2, 0.25) is 0 Å². The molecule has 0 bridgehead atoms. The summed E-state index contributed by atoms with van der Waals surface area (Å²) in [5, 5.41) is 7.59. The molecular formula is C14H23BrN4O. The number of halogens is 1. The molecule has 5 nitrogen and oxygen atoms in total. The van der Waals surface area contributed by atoms with Gasteiger partial charge in [0, 0.05) is 25.2 Å². The van der Waals surface area contributed by atoms with Gasteiger partial charge < -0.3 is 10.2 Å². The molecule has 20 heavy (non-hydrogen) atoms. The highest BCUT2D eigenvalue weighted by Crippen LogP contribution is 2.29. The molecule has 2 unspecified atom stereocenters. The Labute approximate surface area is 128 Å². The van der Waals surface area contributed by atoms with Gasteiger partial charge in [-0.3, -0.25) is 4.79 Å². The van der Waals surface area contributed by atoms with E-state index in [0.717, 1.165) is 25.1 Å². The standard InChI is InChI=1S/C14H23BrN4O/c1-4-19-14(20)13(15)12(9-17-19)18-8-6-5-7-11(18)10(2)16-3/h9-11,16H,4-8H2,1-3H3. The van der Waals surface area contributed by atoms with Crippen molar-refractivity contribution < 1.29 is 0 Å². The number of nitrogens with one attached hydrogen (secondary N) is 1. The lowest BCUT2D eigenvalue weighted by Gasteiger charge is -2.41. The summed E-state index contributed by atoms with van der Waals surface area (Å²) in [6.07, 6.45) is 5.36. The third-order valence-corrected chi connectivity index (χ3v) is 4.90. The second kappa shape index (κ2) is 6.72. The quantitative estimate of drug-likeness (QED) is 0.909. The molecule has 112 valence electrons. The van der Waals surface area contributed by atoms with Gasteiger partial charge in [-0.15, -0.1) is 0 Å². The van der Waals surface area contributed by atoms with Gasteiger partial charge in [0.15, 0.2) is 0 Å². The maximum atomic E-state index is 12.2. The predicted molar refractivity (Wildman–Crippen MR) is 85.4 cm³/mol. The molecule has 1 saturated heterocycles. The SMILES string of the molecule is CCn1ncc(N2CCCCC2C(C)NC)c(Br)c1=O. The fourth-order valence-electron chi connectivity index (χ4n) is 2.85. The van der Waals surface area contributed by atoms with Gasteiger partial charge in [-0.05, 0) is 56.1 Å². The predicted octanol–water partition coefficient (Wildman–Crippen LogP) is 1.99. The third-order valence-electron chi connectivity index (χ3n) is 4.16. The second-order valence-electron chi connectivity index (χ2n) is 5.30. The average molecular weight is 343 g/mol. The van der Waals surface area contributed by atoms with E-state index >= 15 is 0 Å². The molecule has 0 aromatic carbocycles. The van der Waals surface area contributed by atoms with Crippen LogP contribution in [0, 0.1) is 0 Å². The first-order chi connectivity index (χ1) is 9.60. The van der Waals surface area contributed by atoms with Crippen molar-refractivity contribution in [3.05, 3.63) is 21.0 Å². The Morgan fingerprint density at radius 1 is 1.55 bits per heavy atom. The molecule has 6 heteroatoms. The molecule has 1 aliphatic rings. The molecule has 1 aromatic heterocycles. The number of aromatic nitrogens is 2. The van der Waals surface area contributed by atoms with Crippen LogP contribution in [-0.4, -0.2) is 35.5 Å². The van der Waals surface area contributed by atoms with E-state index < -0.39 is 0 Å². The van der Waals surface area contributed by atoms with Crippen molar-refractivity contribution in [3.63, 3.8) is 0 Å². The molecule has 1 aromatic rings. The first kappa shape index (κ1) is 15.5. The minimum atomic E-state index is -0.0496. The van der Waals surface area contributed by atoms with E-state index in [1.807, 2.05) is 20.2 Å². The van der Waals surface area contributed by atoms with Crippen LogP contribution in [0.4, 0.5) is 5.69 Å². The van der Waals surface area contributed by atoms with E-state index in [-0.39, 0.29) is 5.56 Å². The summed E-state index contributed by atoms with van der Waals surface area (Å²) < 4.78 is 2.11. The Morgan fingerprint density at radius 3 is 2.95 bits per heavy atom. The molecule has 0 amide bonds. The first-order valence-electron chi connectivity index (χ1n) is 7.29. The normalized spacial score (nSPS) is 21.0. The summed E-state index contributed by atoms with van der Waals surface area (Å²) in [7, 11) is 1.99. The van der Waals surface area contributed by atoms with Crippen LogP contribution in [0.3, 0.4) is 0 Å². The van der Waals surface area contributed by atoms with Crippen molar-refractivity contribution in [2.75, 3.05) is 18.5 Å². The van der Waals surface area contributed by atoms with E-state index in [4.69, 9.17) is 0 Å². The zero-order valence-electron chi connectivity index (χ0n) is 12.4. The van der Waals surface area contributed by atoms with Crippen molar-refractivity contribution in [2.24, 2.45) is 0 Å². The van der Waals surface area contributed by atoms with Gasteiger partial charge in [0.05, 0.1) is 11.9 Å². The molecule has 0 radical (unpaired) electrons. The highest BCUT2D eigenvalue weighted by Gasteiger charge is 2.29. The van der Waals surface area contributed by atoms with Crippen LogP contribution in [0.15, 0.2) is 15.5 Å². The topological polar surface area (TPSA) is 50.2 Å². The Kier molecular flexibility index (Phi) is 5.21. The highest BCUT2D eigenvalue weighted by molar-refractivity contribution is 9.10. The minimum absolute atomic E-state index is 0.0496. The monoisotopic (exact) mass is 342 g/mol. The molecule has 1 N–H and O–H groups in total. The number of likely N-dealkylation sites (N-methyl/N-ethyl adjacent to an activating group) is 1. The summed E-state index contributed by atoms with van der Waals surface area (Å²) in [5.41, 5.74) is 0.873. The average Bonchev–Trinajstić information content (AvgIpc) is 2.49. The van der Waals surface area contributed by atoms with Gasteiger partial charge >= 0.3 is 0 Å². The summed E-state index contributed by atoms with van der Waals surface area (Å²) in [5.74, 6) is 0. The van der Waals surface area contributed by atoms with Gasteiger partial charge in [0.1, 0.15) is 4.47 Å². The molecule has 1 fully saturated rings. The van der Waals surface area contributed by atoms with Gasteiger partial charge in [-0.25, -0.2) is 4.68 Å². The van der Waals surface area contributed by atoms with Crippen molar-refractivity contribution in [3.8, 4) is 0 Å². The number of piperidine rings is 1. The molecule has 0 saturated carbocycles. The van der Waals surface area contributed by atoms with E-state index in [1.54, 1.807) is 0 Å². The fraction of sp³-hybridized carbons (Fsp3) is 0.714. The van der Waals surface area contributed by atoms with E-state index in [1.165, 1.54) is 11.1 Å². The minimum Gasteiger partial charge on any atom is -0.365 e. The fourth-order valence-corrected chi connectivity index (χ4v) is 3.39. The van der Waals surface area contributed by atoms with Crippen molar-refractivity contribution in [1.82, 2.24) is 15.1 Å². The lowest BCUT2D eigenvalue weighted by atomic mass is 9.96. The van der Waals surface area contributed by atoms with Gasteiger partial charge in [0.2, 0.25) is 0 Å². The summed E-state index contributed by atoms with van der Waals surface area (Å²) in [4.78, 5) is 14.5. The van der Waals surface area contributed by atoms with E-state index in [0.29, 0.717) is 23.1 Å². The molecule has 0 spiro atoms. The van der Waals surface area contributed by atoms with Crippen LogP contribution in [0.5, 0.6) is 0 Å². The lowest BCUT2D eigenvalue weighted by Crippen LogP contribution is -2.51. The van der Waals surface area contributed by atoms with Crippen LogP contribution in [-0.2, 0) is 6.54 Å². The van der Waals surface area contributed by atoms with Crippen molar-refractivity contribution >= 4 is 21.6 Å². The maximum Gasteiger partial charge on any atom is 0.283 e. The number of hydrogen-bond acceptors (Lipinski definition) is 4. The Hall–Kier alpha value is -0.880. The van der Waals surface area contributed by atoms with E-state index in [2.05, 4.69) is 38.2 Å². The number of anilines is 1. The first-order valence-corrected chi connectivity index (χ1v) is 8.09. The molecular weight excluding hydrogens is 320 g/mol. The Balaban J connectivity index is 2.38. The van der Waals surface area contributed by atoms with Crippen LogP contribution in [0.25, 0.3) is 0 Å². The van der Waals surface area contributed by atoms with Crippen LogP contribution >= 0.6 is 15.9 Å². The molecule has 2 heterocycles. The van der Waals surface area contributed by atoms with Gasteiger partial charge in [0.25, 0.3) is 5.56 Å². The molecule has 1 aliphatic heterocycles. The van der Waals surface area contributed by atoms with Gasteiger partial charge in [-0.2, -0.15) is 5.10 Å². The molecule has 2 atom stereocenters. The Morgan fingerprint density at radius 2 is 2.30 bits per heavy atom. The largest absolute Gasteiger partial charge is 0.365 e. The Bertz CT molecular complexity index is 516. The van der Waals surface area contributed by atoms with Gasteiger partial charge in [-0.1, -0.05) is 0 Å². The smallest absolute Gasteiger partial charge is 0.283 e. The second-order valence-corrected chi connectivity index (χ2v) is 6.09. The van der Waals surface area contributed by atoms with E-state index in [9.17, 15) is 4.79 Å². The maximum absolute atomic E-state index is 12.2. The third kappa shape index (κ3) is 2.91. The van der Waals surface area contributed by atoms with Crippen LogP contribution in [0.1, 0.15) is 33.1 Å². The zero-order valence-corrected chi connectivity index (χ0v) is 14.0. The number of aryl methyl sites for hydroxylation is 1. The summed E-state index contributed by atoms with van der Waals surface area (Å²) in [6, 6.07) is 0.791. The number of hydrogen-bond donors (Lipinski definition) is 1. The summed E-state index contributed by atoms with van der Waals surface area (Å²) >= 11 is 3.47. The lowest BCUT2D eigenvalue weighted by molar-refractivity contribution is 0.381. The van der Waals surface area contributed by atoms with Crippen molar-refractivity contribution in [1.29, 1.82) is 0 Å². The van der Waals surface area contributed by atoms with Crippen molar-refractivity contribution in [2.45, 2.75) is 51.7 Å². The zero-order chi connectivity index (χ0) is 14.7. The molecule has 0 aliphatic carbocycles. The number of nitrogens with zero attached hydrogens (tertiary/aromatic N) is 3.